The Bertz CT molecular complexity index is 586. The zero-order valence-electron chi connectivity index (χ0n) is 11.0. The Balaban J connectivity index is 1.89. The Morgan fingerprint density at radius 3 is 2.52 bits per heavy atom. The SMILES string of the molecule is O=C(Cc1ccncc1)NC(CO)C(=O)Nn1cnnc1. The fourth-order valence-corrected chi connectivity index (χ4v) is 1.59. The molecule has 2 aromatic rings. The van der Waals surface area contributed by atoms with Crippen molar-refractivity contribution in [3.63, 3.8) is 0 Å². The minimum absolute atomic E-state index is 0.0962. The number of amides is 2. The van der Waals surface area contributed by atoms with Crippen LogP contribution in [0.25, 0.3) is 0 Å². The van der Waals surface area contributed by atoms with Crippen LogP contribution >= 0.6 is 0 Å². The number of aromatic nitrogens is 4. The molecule has 0 aliphatic rings. The third kappa shape index (κ3) is 4.35. The van der Waals surface area contributed by atoms with Crippen LogP contribution in [0.4, 0.5) is 0 Å². The van der Waals surface area contributed by atoms with Crippen LogP contribution < -0.4 is 10.7 Å². The topological polar surface area (TPSA) is 122 Å². The van der Waals surface area contributed by atoms with Gasteiger partial charge in [-0.2, -0.15) is 0 Å². The van der Waals surface area contributed by atoms with E-state index in [0.717, 1.165) is 5.56 Å². The summed E-state index contributed by atoms with van der Waals surface area (Å²) in [6, 6.07) is 2.34. The van der Waals surface area contributed by atoms with Gasteiger partial charge in [-0.05, 0) is 17.7 Å². The summed E-state index contributed by atoms with van der Waals surface area (Å²) in [6.45, 7) is -0.518. The minimum atomic E-state index is -1.05. The molecule has 0 aromatic carbocycles. The number of aliphatic hydroxyl groups excluding tert-OH is 1. The lowest BCUT2D eigenvalue weighted by Gasteiger charge is -2.16. The van der Waals surface area contributed by atoms with Crippen LogP contribution in [-0.4, -0.2) is 49.4 Å². The maximum Gasteiger partial charge on any atom is 0.263 e. The van der Waals surface area contributed by atoms with E-state index in [1.807, 2.05) is 0 Å². The summed E-state index contributed by atoms with van der Waals surface area (Å²) in [5.41, 5.74) is 3.17. The van der Waals surface area contributed by atoms with E-state index in [1.54, 1.807) is 24.5 Å². The largest absolute Gasteiger partial charge is 0.394 e. The van der Waals surface area contributed by atoms with Gasteiger partial charge in [-0.3, -0.25) is 20.0 Å². The highest BCUT2D eigenvalue weighted by Crippen LogP contribution is 1.98. The van der Waals surface area contributed by atoms with Crippen molar-refractivity contribution in [3.05, 3.63) is 42.7 Å². The van der Waals surface area contributed by atoms with Gasteiger partial charge in [0.1, 0.15) is 18.7 Å². The van der Waals surface area contributed by atoms with Crippen LogP contribution in [-0.2, 0) is 16.0 Å². The Labute approximate surface area is 120 Å². The molecule has 0 radical (unpaired) electrons. The van der Waals surface area contributed by atoms with Crippen LogP contribution in [0.15, 0.2) is 37.2 Å². The van der Waals surface area contributed by atoms with E-state index in [1.165, 1.54) is 17.3 Å². The molecular formula is C12H14N6O3. The number of pyridine rings is 1. The first kappa shape index (κ1) is 14.6. The molecule has 0 aliphatic carbocycles. The van der Waals surface area contributed by atoms with Gasteiger partial charge in [-0.15, -0.1) is 10.2 Å². The number of nitrogens with zero attached hydrogens (tertiary/aromatic N) is 4. The molecule has 3 N–H and O–H groups in total. The summed E-state index contributed by atoms with van der Waals surface area (Å²) in [7, 11) is 0. The Hall–Kier alpha value is -2.81. The van der Waals surface area contributed by atoms with Gasteiger partial charge in [0.05, 0.1) is 13.0 Å². The van der Waals surface area contributed by atoms with Crippen LogP contribution in [0.3, 0.4) is 0 Å². The van der Waals surface area contributed by atoms with Crippen molar-refractivity contribution in [3.8, 4) is 0 Å². The van der Waals surface area contributed by atoms with E-state index < -0.39 is 18.6 Å². The molecule has 9 nitrogen and oxygen atoms in total. The fourth-order valence-electron chi connectivity index (χ4n) is 1.59. The van der Waals surface area contributed by atoms with Crippen LogP contribution in [0, 0.1) is 0 Å². The smallest absolute Gasteiger partial charge is 0.263 e. The minimum Gasteiger partial charge on any atom is -0.394 e. The number of nitrogens with one attached hydrogen (secondary N) is 2. The van der Waals surface area contributed by atoms with E-state index in [-0.39, 0.29) is 12.3 Å². The molecule has 0 fully saturated rings. The molecule has 0 saturated carbocycles. The molecule has 9 heteroatoms. The lowest BCUT2D eigenvalue weighted by atomic mass is 10.2. The number of carbonyl (C=O) groups excluding carboxylic acids is 2. The molecule has 0 spiro atoms. The number of rotatable bonds is 6. The normalized spacial score (nSPS) is 11.7. The second-order valence-corrected chi connectivity index (χ2v) is 4.18. The fraction of sp³-hybridized carbons (Fsp3) is 0.250. The second kappa shape index (κ2) is 7.10. The van der Waals surface area contributed by atoms with Gasteiger partial charge < -0.3 is 10.4 Å². The molecule has 2 heterocycles. The molecule has 0 aliphatic heterocycles. The van der Waals surface area contributed by atoms with Crippen molar-refractivity contribution in [2.45, 2.75) is 12.5 Å². The van der Waals surface area contributed by atoms with Crippen molar-refractivity contribution in [1.29, 1.82) is 0 Å². The van der Waals surface area contributed by atoms with Crippen molar-refractivity contribution >= 4 is 11.8 Å². The van der Waals surface area contributed by atoms with Crippen LogP contribution in [0.5, 0.6) is 0 Å². The summed E-state index contributed by atoms with van der Waals surface area (Å²) < 4.78 is 1.22. The monoisotopic (exact) mass is 290 g/mol. The van der Waals surface area contributed by atoms with E-state index in [2.05, 4.69) is 25.9 Å². The molecule has 21 heavy (non-hydrogen) atoms. The third-order valence-electron chi connectivity index (χ3n) is 2.61. The van der Waals surface area contributed by atoms with Gasteiger partial charge in [0.15, 0.2) is 0 Å². The first-order valence-electron chi connectivity index (χ1n) is 6.13. The number of hydrogen-bond donors (Lipinski definition) is 3. The average Bonchev–Trinajstić information content (AvgIpc) is 2.98. The van der Waals surface area contributed by atoms with Gasteiger partial charge in [0, 0.05) is 12.4 Å². The number of hydrogen-bond acceptors (Lipinski definition) is 6. The van der Waals surface area contributed by atoms with Gasteiger partial charge in [0.2, 0.25) is 5.91 Å². The van der Waals surface area contributed by atoms with Gasteiger partial charge in [-0.1, -0.05) is 0 Å². The zero-order valence-corrected chi connectivity index (χ0v) is 11.0. The predicted octanol–water partition coefficient (Wildman–Crippen LogP) is -1.54. The molecule has 1 unspecified atom stereocenters. The molecule has 2 amide bonds. The van der Waals surface area contributed by atoms with Crippen molar-refractivity contribution in [1.82, 2.24) is 25.2 Å². The highest BCUT2D eigenvalue weighted by atomic mass is 16.3. The predicted molar refractivity (Wildman–Crippen MR) is 71.3 cm³/mol. The van der Waals surface area contributed by atoms with E-state index in [0.29, 0.717) is 0 Å². The van der Waals surface area contributed by atoms with Gasteiger partial charge in [0.25, 0.3) is 5.91 Å². The molecular weight excluding hydrogens is 276 g/mol. The summed E-state index contributed by atoms with van der Waals surface area (Å²) in [4.78, 5) is 27.5. The lowest BCUT2D eigenvalue weighted by molar-refractivity contribution is -0.127. The molecule has 2 aromatic heterocycles. The summed E-state index contributed by atoms with van der Waals surface area (Å²) >= 11 is 0. The average molecular weight is 290 g/mol. The number of carbonyl (C=O) groups is 2. The zero-order chi connectivity index (χ0) is 15.1. The summed E-state index contributed by atoms with van der Waals surface area (Å²) in [5.74, 6) is -0.945. The summed E-state index contributed by atoms with van der Waals surface area (Å²) in [6.07, 6.45) is 5.81. The van der Waals surface area contributed by atoms with E-state index in [4.69, 9.17) is 0 Å². The van der Waals surface area contributed by atoms with E-state index >= 15 is 0 Å². The maximum atomic E-state index is 11.9. The van der Waals surface area contributed by atoms with Gasteiger partial charge in [-0.25, -0.2) is 4.68 Å². The summed E-state index contributed by atoms with van der Waals surface area (Å²) in [5, 5.41) is 18.7. The molecule has 2 rings (SSSR count). The first-order valence-corrected chi connectivity index (χ1v) is 6.13. The Morgan fingerprint density at radius 2 is 1.90 bits per heavy atom. The molecule has 110 valence electrons. The molecule has 0 bridgehead atoms. The van der Waals surface area contributed by atoms with Crippen molar-refractivity contribution in [2.24, 2.45) is 0 Å². The lowest BCUT2D eigenvalue weighted by Crippen LogP contribution is -2.48. The van der Waals surface area contributed by atoms with Crippen LogP contribution in [0.2, 0.25) is 0 Å². The molecule has 1 atom stereocenters. The van der Waals surface area contributed by atoms with Crippen LogP contribution in [0.1, 0.15) is 5.56 Å². The first-order chi connectivity index (χ1) is 10.2. The third-order valence-corrected chi connectivity index (χ3v) is 2.61. The van der Waals surface area contributed by atoms with Crippen molar-refractivity contribution in [2.75, 3.05) is 12.0 Å². The highest BCUT2D eigenvalue weighted by molar-refractivity contribution is 5.92. The quantitative estimate of drug-likeness (QED) is 0.593. The van der Waals surface area contributed by atoms with Gasteiger partial charge >= 0.3 is 0 Å². The van der Waals surface area contributed by atoms with Crippen molar-refractivity contribution < 1.29 is 14.7 Å². The molecule has 0 saturated heterocycles. The Morgan fingerprint density at radius 1 is 1.24 bits per heavy atom. The standard InChI is InChI=1S/C12H14N6O3/c19-6-10(12(21)17-18-7-14-15-8-18)16-11(20)5-9-1-3-13-4-2-9/h1-4,7-8,10,19H,5-6H2,(H,16,20)(H,17,21). The maximum absolute atomic E-state index is 11.9. The second-order valence-electron chi connectivity index (χ2n) is 4.18. The number of aliphatic hydroxyl groups is 1. The highest BCUT2D eigenvalue weighted by Gasteiger charge is 2.20. The van der Waals surface area contributed by atoms with E-state index in [9.17, 15) is 14.7 Å². The Kier molecular flexibility index (Phi) is 4.94.